The van der Waals surface area contributed by atoms with Crippen LogP contribution in [0.15, 0.2) is 36.4 Å². The van der Waals surface area contributed by atoms with Crippen molar-refractivity contribution < 1.29 is 9.84 Å². The van der Waals surface area contributed by atoms with E-state index in [4.69, 9.17) is 4.74 Å². The molecule has 0 unspecified atom stereocenters. The molecule has 0 radical (unpaired) electrons. The molecule has 94 valence electrons. The highest BCUT2D eigenvalue weighted by Gasteiger charge is 2.08. The second-order valence-corrected chi connectivity index (χ2v) is 4.60. The Labute approximate surface area is 108 Å². The molecule has 2 nitrogen and oxygen atoms in total. The van der Waals surface area contributed by atoms with Crippen molar-refractivity contribution >= 4 is 0 Å². The fourth-order valence-electron chi connectivity index (χ4n) is 2.17. The van der Waals surface area contributed by atoms with E-state index in [9.17, 15) is 5.11 Å². The average molecular weight is 242 g/mol. The Kier molecular flexibility index (Phi) is 3.68. The second kappa shape index (κ2) is 5.23. The smallest absolute Gasteiger partial charge is 0.133 e. The summed E-state index contributed by atoms with van der Waals surface area (Å²) in [5, 5.41) is 9.30. The third-order valence-corrected chi connectivity index (χ3v) is 2.96. The van der Waals surface area contributed by atoms with Gasteiger partial charge in [-0.1, -0.05) is 35.9 Å². The summed E-state index contributed by atoms with van der Waals surface area (Å²) in [6.07, 6.45) is 0. The van der Waals surface area contributed by atoms with Crippen LogP contribution in [-0.4, -0.2) is 5.11 Å². The summed E-state index contributed by atoms with van der Waals surface area (Å²) >= 11 is 0. The van der Waals surface area contributed by atoms with Crippen LogP contribution >= 0.6 is 0 Å². The van der Waals surface area contributed by atoms with Gasteiger partial charge in [0.05, 0.1) is 6.61 Å². The van der Waals surface area contributed by atoms with Gasteiger partial charge in [0, 0.05) is 5.56 Å². The molecule has 2 aromatic carbocycles. The average Bonchev–Trinajstić information content (AvgIpc) is 2.34. The third-order valence-electron chi connectivity index (χ3n) is 2.96. The number of benzene rings is 2. The van der Waals surface area contributed by atoms with E-state index in [1.54, 1.807) is 0 Å². The summed E-state index contributed by atoms with van der Waals surface area (Å²) < 4.78 is 5.96. The van der Waals surface area contributed by atoms with Crippen LogP contribution in [0.3, 0.4) is 0 Å². The van der Waals surface area contributed by atoms with Gasteiger partial charge in [-0.25, -0.2) is 0 Å². The lowest BCUT2D eigenvalue weighted by molar-refractivity contribution is 0.276. The monoisotopic (exact) mass is 242 g/mol. The molecule has 0 aliphatic carbocycles. The first-order valence-electron chi connectivity index (χ1n) is 6.06. The summed E-state index contributed by atoms with van der Waals surface area (Å²) in [6, 6.07) is 11.8. The van der Waals surface area contributed by atoms with Crippen molar-refractivity contribution in [2.75, 3.05) is 0 Å². The molecule has 0 bridgehead atoms. The number of aliphatic hydroxyl groups excluding tert-OH is 1. The van der Waals surface area contributed by atoms with Gasteiger partial charge in [-0.05, 0) is 38.0 Å². The summed E-state index contributed by atoms with van der Waals surface area (Å²) in [4.78, 5) is 0. The Balaban J connectivity index is 2.40. The fraction of sp³-hybridized carbons (Fsp3) is 0.250. The van der Waals surface area contributed by atoms with Gasteiger partial charge in [0.1, 0.15) is 11.5 Å². The molecule has 1 N–H and O–H groups in total. The summed E-state index contributed by atoms with van der Waals surface area (Å²) in [5.41, 5.74) is 4.25. The van der Waals surface area contributed by atoms with Crippen molar-refractivity contribution in [2.24, 2.45) is 0 Å². The van der Waals surface area contributed by atoms with Crippen molar-refractivity contribution in [3.63, 3.8) is 0 Å². The van der Waals surface area contributed by atoms with E-state index in [0.29, 0.717) is 0 Å². The van der Waals surface area contributed by atoms with Gasteiger partial charge >= 0.3 is 0 Å². The van der Waals surface area contributed by atoms with Crippen molar-refractivity contribution in [3.8, 4) is 11.5 Å². The maximum absolute atomic E-state index is 9.30. The predicted molar refractivity (Wildman–Crippen MR) is 73.1 cm³/mol. The van der Waals surface area contributed by atoms with Gasteiger partial charge in [0.25, 0.3) is 0 Å². The lowest BCUT2D eigenvalue weighted by Crippen LogP contribution is -1.95. The number of hydrogen-bond acceptors (Lipinski definition) is 2. The minimum absolute atomic E-state index is 0.0138. The molecule has 0 spiro atoms. The van der Waals surface area contributed by atoms with E-state index in [2.05, 4.69) is 19.1 Å². The van der Waals surface area contributed by atoms with Crippen LogP contribution in [-0.2, 0) is 6.61 Å². The highest BCUT2D eigenvalue weighted by molar-refractivity contribution is 5.46. The quantitative estimate of drug-likeness (QED) is 0.884. The van der Waals surface area contributed by atoms with Crippen molar-refractivity contribution in [1.82, 2.24) is 0 Å². The highest BCUT2D eigenvalue weighted by atomic mass is 16.5. The number of aryl methyl sites for hydroxylation is 3. The fourth-order valence-corrected chi connectivity index (χ4v) is 2.17. The van der Waals surface area contributed by atoms with E-state index in [1.807, 2.05) is 38.1 Å². The van der Waals surface area contributed by atoms with Gasteiger partial charge < -0.3 is 9.84 Å². The van der Waals surface area contributed by atoms with Crippen LogP contribution in [0.25, 0.3) is 0 Å². The lowest BCUT2D eigenvalue weighted by Gasteiger charge is -2.14. The van der Waals surface area contributed by atoms with E-state index in [0.717, 1.165) is 28.2 Å². The minimum atomic E-state index is -0.0138. The van der Waals surface area contributed by atoms with E-state index >= 15 is 0 Å². The predicted octanol–water partition coefficient (Wildman–Crippen LogP) is 3.90. The zero-order valence-corrected chi connectivity index (χ0v) is 11.0. The van der Waals surface area contributed by atoms with Crippen LogP contribution in [0.4, 0.5) is 0 Å². The largest absolute Gasteiger partial charge is 0.456 e. The molecule has 0 saturated heterocycles. The minimum Gasteiger partial charge on any atom is -0.456 e. The molecule has 2 rings (SSSR count). The molecular weight excluding hydrogens is 224 g/mol. The van der Waals surface area contributed by atoms with Gasteiger partial charge in [0.2, 0.25) is 0 Å². The Morgan fingerprint density at radius 3 is 2.22 bits per heavy atom. The van der Waals surface area contributed by atoms with Crippen molar-refractivity contribution in [2.45, 2.75) is 27.4 Å². The molecule has 0 aliphatic rings. The molecule has 0 fully saturated rings. The van der Waals surface area contributed by atoms with Crippen molar-refractivity contribution in [3.05, 3.63) is 58.7 Å². The first-order chi connectivity index (χ1) is 8.61. The van der Waals surface area contributed by atoms with E-state index in [1.165, 1.54) is 5.56 Å². The Hall–Kier alpha value is -1.80. The Bertz CT molecular complexity index is 536. The van der Waals surface area contributed by atoms with E-state index in [-0.39, 0.29) is 6.61 Å². The first kappa shape index (κ1) is 12.7. The normalized spacial score (nSPS) is 10.4. The Morgan fingerprint density at radius 1 is 1.00 bits per heavy atom. The SMILES string of the molecule is Cc1cc(C)c(Oc2ccccc2CO)c(C)c1. The maximum Gasteiger partial charge on any atom is 0.133 e. The third kappa shape index (κ3) is 2.54. The molecule has 18 heavy (non-hydrogen) atoms. The standard InChI is InChI=1S/C16H18O2/c1-11-8-12(2)16(13(3)9-11)18-15-7-5-4-6-14(15)10-17/h4-9,17H,10H2,1-3H3. The summed E-state index contributed by atoms with van der Waals surface area (Å²) in [5.74, 6) is 1.59. The van der Waals surface area contributed by atoms with Gasteiger partial charge in [0.15, 0.2) is 0 Å². The van der Waals surface area contributed by atoms with Crippen LogP contribution in [0.1, 0.15) is 22.3 Å². The van der Waals surface area contributed by atoms with E-state index < -0.39 is 0 Å². The molecule has 0 amide bonds. The van der Waals surface area contributed by atoms with Gasteiger partial charge in [-0.2, -0.15) is 0 Å². The Morgan fingerprint density at radius 2 is 1.61 bits per heavy atom. The number of aliphatic hydroxyl groups is 1. The molecule has 0 heterocycles. The highest BCUT2D eigenvalue weighted by Crippen LogP contribution is 2.31. The number of para-hydroxylation sites is 1. The number of rotatable bonds is 3. The zero-order chi connectivity index (χ0) is 13.1. The lowest BCUT2D eigenvalue weighted by atomic mass is 10.1. The van der Waals surface area contributed by atoms with Gasteiger partial charge in [-0.3, -0.25) is 0 Å². The molecule has 0 saturated carbocycles. The summed E-state index contributed by atoms with van der Waals surface area (Å²) in [6.45, 7) is 6.14. The molecule has 0 aliphatic heterocycles. The van der Waals surface area contributed by atoms with Crippen LogP contribution in [0.5, 0.6) is 11.5 Å². The maximum atomic E-state index is 9.30. The number of ether oxygens (including phenoxy) is 1. The molecular formula is C16H18O2. The molecule has 0 atom stereocenters. The van der Waals surface area contributed by atoms with Crippen LogP contribution in [0, 0.1) is 20.8 Å². The topological polar surface area (TPSA) is 29.5 Å². The molecule has 0 aromatic heterocycles. The van der Waals surface area contributed by atoms with Crippen LogP contribution in [0.2, 0.25) is 0 Å². The van der Waals surface area contributed by atoms with Crippen molar-refractivity contribution in [1.29, 1.82) is 0 Å². The van der Waals surface area contributed by atoms with Gasteiger partial charge in [-0.15, -0.1) is 0 Å². The molecule has 2 heteroatoms. The molecule has 2 aromatic rings. The first-order valence-corrected chi connectivity index (χ1v) is 6.06. The summed E-state index contributed by atoms with van der Waals surface area (Å²) in [7, 11) is 0. The number of hydrogen-bond donors (Lipinski definition) is 1. The van der Waals surface area contributed by atoms with Crippen LogP contribution < -0.4 is 4.74 Å². The zero-order valence-electron chi connectivity index (χ0n) is 11.0. The second-order valence-electron chi connectivity index (χ2n) is 4.60.